The lowest BCUT2D eigenvalue weighted by Gasteiger charge is -2.29. The van der Waals surface area contributed by atoms with Crippen LogP contribution in [0.25, 0.3) is 0 Å². The maximum atomic E-state index is 4.21. The van der Waals surface area contributed by atoms with Crippen molar-refractivity contribution in [1.29, 1.82) is 0 Å². The third-order valence-corrected chi connectivity index (χ3v) is 3.29. The van der Waals surface area contributed by atoms with Crippen LogP contribution in [0.5, 0.6) is 0 Å². The van der Waals surface area contributed by atoms with Crippen molar-refractivity contribution in [3.8, 4) is 0 Å². The Kier molecular flexibility index (Phi) is 2.72. The van der Waals surface area contributed by atoms with Crippen LogP contribution in [0.3, 0.4) is 0 Å². The summed E-state index contributed by atoms with van der Waals surface area (Å²) in [6, 6.07) is 10.8. The van der Waals surface area contributed by atoms with Gasteiger partial charge in [0.15, 0.2) is 0 Å². The summed E-state index contributed by atoms with van der Waals surface area (Å²) in [6.07, 6.45) is 3.81. The molecule has 0 saturated heterocycles. The zero-order chi connectivity index (χ0) is 9.97. The first kappa shape index (κ1) is 9.51. The summed E-state index contributed by atoms with van der Waals surface area (Å²) in [7, 11) is 0. The summed E-state index contributed by atoms with van der Waals surface area (Å²) >= 11 is 0. The van der Waals surface area contributed by atoms with Crippen molar-refractivity contribution in [1.82, 2.24) is 0 Å². The van der Waals surface area contributed by atoms with Crippen LogP contribution in [0.2, 0.25) is 0 Å². The molecule has 0 N–H and O–H groups in total. The second kappa shape index (κ2) is 4.00. The van der Waals surface area contributed by atoms with Gasteiger partial charge in [0.2, 0.25) is 0 Å². The maximum absolute atomic E-state index is 4.21. The average molecular weight is 186 g/mol. The van der Waals surface area contributed by atoms with Gasteiger partial charge in [-0.2, -0.15) is 0 Å². The molecule has 2 rings (SSSR count). The largest absolute Gasteiger partial charge is 0.0992 e. The summed E-state index contributed by atoms with van der Waals surface area (Å²) in [4.78, 5) is 0. The van der Waals surface area contributed by atoms with Crippen molar-refractivity contribution in [3.63, 3.8) is 0 Å². The predicted octanol–water partition coefficient (Wildman–Crippen LogP) is 4.15. The van der Waals surface area contributed by atoms with Gasteiger partial charge in [0.05, 0.1) is 0 Å². The zero-order valence-electron chi connectivity index (χ0n) is 8.87. The first-order chi connectivity index (χ1) is 6.77. The highest BCUT2D eigenvalue weighted by Gasteiger charge is 2.22. The van der Waals surface area contributed by atoms with E-state index in [0.717, 1.165) is 5.92 Å². The van der Waals surface area contributed by atoms with Gasteiger partial charge in [0.1, 0.15) is 0 Å². The minimum atomic E-state index is 0.611. The number of hydrogen-bond acceptors (Lipinski definition) is 0. The fourth-order valence-electron chi connectivity index (χ4n) is 2.35. The average Bonchev–Trinajstić information content (AvgIpc) is 2.23. The molecule has 1 aromatic carbocycles. The lowest BCUT2D eigenvalue weighted by molar-refractivity contribution is 0.409. The van der Waals surface area contributed by atoms with E-state index in [2.05, 4.69) is 43.8 Å². The monoisotopic (exact) mass is 186 g/mol. The molecule has 0 amide bonds. The highest BCUT2D eigenvalue weighted by Crippen LogP contribution is 2.38. The van der Waals surface area contributed by atoms with Gasteiger partial charge in [-0.05, 0) is 30.7 Å². The fraction of sp³-hybridized carbons (Fsp3) is 0.429. The molecular weight excluding hydrogens is 168 g/mol. The SMILES string of the molecule is C=C1CCC(C)CC1c1ccccc1. The molecule has 2 unspecified atom stereocenters. The molecule has 1 aromatic rings. The topological polar surface area (TPSA) is 0 Å². The van der Waals surface area contributed by atoms with E-state index in [1.54, 1.807) is 0 Å². The molecule has 2 atom stereocenters. The molecule has 0 aromatic heterocycles. The van der Waals surface area contributed by atoms with Crippen molar-refractivity contribution >= 4 is 0 Å². The van der Waals surface area contributed by atoms with Crippen molar-refractivity contribution < 1.29 is 0 Å². The highest BCUT2D eigenvalue weighted by atomic mass is 14.3. The molecule has 0 heterocycles. The minimum absolute atomic E-state index is 0.611. The summed E-state index contributed by atoms with van der Waals surface area (Å²) < 4.78 is 0. The molecule has 1 saturated carbocycles. The van der Waals surface area contributed by atoms with E-state index in [9.17, 15) is 0 Å². The Morgan fingerprint density at radius 3 is 2.64 bits per heavy atom. The Bertz CT molecular complexity index is 310. The maximum Gasteiger partial charge on any atom is 0.00480 e. The summed E-state index contributed by atoms with van der Waals surface area (Å²) in [5.74, 6) is 1.46. The van der Waals surface area contributed by atoms with Gasteiger partial charge in [-0.3, -0.25) is 0 Å². The molecule has 74 valence electrons. The van der Waals surface area contributed by atoms with E-state index in [-0.39, 0.29) is 0 Å². The Morgan fingerprint density at radius 1 is 1.21 bits per heavy atom. The molecule has 0 nitrogen and oxygen atoms in total. The molecule has 0 heteroatoms. The van der Waals surface area contributed by atoms with E-state index < -0.39 is 0 Å². The smallest absolute Gasteiger partial charge is 0.00480 e. The minimum Gasteiger partial charge on any atom is -0.0992 e. The van der Waals surface area contributed by atoms with Crippen LogP contribution in [0.15, 0.2) is 42.5 Å². The second-order valence-corrected chi connectivity index (χ2v) is 4.50. The molecule has 1 aliphatic carbocycles. The Morgan fingerprint density at radius 2 is 1.93 bits per heavy atom. The zero-order valence-corrected chi connectivity index (χ0v) is 8.87. The molecule has 0 aliphatic heterocycles. The third kappa shape index (κ3) is 1.89. The lowest BCUT2D eigenvalue weighted by atomic mass is 9.76. The molecule has 0 spiro atoms. The molecular formula is C14H18. The summed E-state index contributed by atoms with van der Waals surface area (Å²) in [6.45, 7) is 6.56. The van der Waals surface area contributed by atoms with Gasteiger partial charge in [0, 0.05) is 5.92 Å². The third-order valence-electron chi connectivity index (χ3n) is 3.29. The van der Waals surface area contributed by atoms with E-state index in [0.29, 0.717) is 5.92 Å². The van der Waals surface area contributed by atoms with Crippen LogP contribution in [0.1, 0.15) is 37.7 Å². The number of hydrogen-bond donors (Lipinski definition) is 0. The van der Waals surface area contributed by atoms with Gasteiger partial charge >= 0.3 is 0 Å². The van der Waals surface area contributed by atoms with Crippen LogP contribution in [-0.2, 0) is 0 Å². The normalized spacial score (nSPS) is 27.6. The van der Waals surface area contributed by atoms with Gasteiger partial charge in [0.25, 0.3) is 0 Å². The van der Waals surface area contributed by atoms with Crippen LogP contribution < -0.4 is 0 Å². The lowest BCUT2D eigenvalue weighted by Crippen LogP contribution is -2.13. The predicted molar refractivity (Wildman–Crippen MR) is 61.3 cm³/mol. The van der Waals surface area contributed by atoms with Gasteiger partial charge in [-0.15, -0.1) is 0 Å². The van der Waals surface area contributed by atoms with Crippen molar-refractivity contribution in [2.24, 2.45) is 5.92 Å². The van der Waals surface area contributed by atoms with Crippen LogP contribution >= 0.6 is 0 Å². The van der Waals surface area contributed by atoms with Gasteiger partial charge in [-0.1, -0.05) is 49.4 Å². The number of benzene rings is 1. The van der Waals surface area contributed by atoms with E-state index >= 15 is 0 Å². The Balaban J connectivity index is 2.20. The quantitative estimate of drug-likeness (QED) is 0.578. The molecule has 0 bridgehead atoms. The molecule has 1 aliphatic rings. The fourth-order valence-corrected chi connectivity index (χ4v) is 2.35. The second-order valence-electron chi connectivity index (χ2n) is 4.50. The highest BCUT2D eigenvalue weighted by molar-refractivity contribution is 5.28. The molecule has 1 fully saturated rings. The van der Waals surface area contributed by atoms with Crippen molar-refractivity contribution in [2.45, 2.75) is 32.1 Å². The van der Waals surface area contributed by atoms with Crippen LogP contribution in [-0.4, -0.2) is 0 Å². The van der Waals surface area contributed by atoms with E-state index in [1.807, 2.05) is 0 Å². The van der Waals surface area contributed by atoms with Gasteiger partial charge in [-0.25, -0.2) is 0 Å². The van der Waals surface area contributed by atoms with Crippen LogP contribution in [0.4, 0.5) is 0 Å². The van der Waals surface area contributed by atoms with Crippen LogP contribution in [0, 0.1) is 5.92 Å². The number of allylic oxidation sites excluding steroid dienone is 1. The van der Waals surface area contributed by atoms with Crippen molar-refractivity contribution in [2.75, 3.05) is 0 Å². The van der Waals surface area contributed by atoms with E-state index in [4.69, 9.17) is 0 Å². The molecule has 14 heavy (non-hydrogen) atoms. The van der Waals surface area contributed by atoms with E-state index in [1.165, 1.54) is 30.4 Å². The first-order valence-electron chi connectivity index (χ1n) is 5.50. The summed E-state index contributed by atoms with van der Waals surface area (Å²) in [5, 5.41) is 0. The Hall–Kier alpha value is -1.04. The summed E-state index contributed by atoms with van der Waals surface area (Å²) in [5.41, 5.74) is 2.87. The standard InChI is InChI=1S/C14H18/c1-11-8-9-12(2)14(10-11)13-6-4-3-5-7-13/h3-7,11,14H,2,8-10H2,1H3. The van der Waals surface area contributed by atoms with Crippen molar-refractivity contribution in [3.05, 3.63) is 48.0 Å². The number of rotatable bonds is 1. The first-order valence-corrected chi connectivity index (χ1v) is 5.50. The van der Waals surface area contributed by atoms with Gasteiger partial charge < -0.3 is 0 Å². The molecule has 0 radical (unpaired) electrons. The Labute approximate surface area is 86.7 Å².